The molecule has 0 spiro atoms. The van der Waals surface area contributed by atoms with E-state index in [9.17, 15) is 13.2 Å². The zero-order valence-electron chi connectivity index (χ0n) is 11.0. The third-order valence-corrected chi connectivity index (χ3v) is 5.05. The number of carbonyl (C=O) groups is 1. The van der Waals surface area contributed by atoms with Crippen LogP contribution in [0.2, 0.25) is 0 Å². The molecule has 1 aromatic carbocycles. The smallest absolute Gasteiger partial charge is 0.335 e. The van der Waals surface area contributed by atoms with Gasteiger partial charge in [-0.2, -0.15) is 10.1 Å². The van der Waals surface area contributed by atoms with Crippen LogP contribution in [-0.2, 0) is 17.1 Å². The molecule has 2 aromatic rings. The van der Waals surface area contributed by atoms with Crippen LogP contribution >= 0.6 is 15.9 Å². The molecule has 0 aliphatic carbocycles. The van der Waals surface area contributed by atoms with Crippen molar-refractivity contribution in [2.45, 2.75) is 11.8 Å². The summed E-state index contributed by atoms with van der Waals surface area (Å²) < 4.78 is 28.7. The van der Waals surface area contributed by atoms with E-state index in [0.29, 0.717) is 10.0 Å². The summed E-state index contributed by atoms with van der Waals surface area (Å²) >= 11 is 3.16. The maximum atomic E-state index is 12.4. The van der Waals surface area contributed by atoms with Crippen molar-refractivity contribution < 1.29 is 18.3 Å². The molecule has 0 amide bonds. The van der Waals surface area contributed by atoms with Crippen LogP contribution in [0.5, 0.6) is 0 Å². The molecule has 2 rings (SSSR count). The lowest BCUT2D eigenvalue weighted by Crippen LogP contribution is -2.18. The standard InChI is InChI=1S/C11H11BrN4O4S/c1-6-8(12)3-7(10(17)18)4-9(6)21(19,20)15-11-13-5-14-16(11)2/h3-5H,1-2H3,(H,17,18)(H,13,14,15). The lowest BCUT2D eigenvalue weighted by Gasteiger charge is -2.11. The van der Waals surface area contributed by atoms with E-state index in [0.717, 1.165) is 6.07 Å². The number of hydrogen-bond donors (Lipinski definition) is 2. The molecule has 0 unspecified atom stereocenters. The van der Waals surface area contributed by atoms with E-state index in [4.69, 9.17) is 5.11 Å². The highest BCUT2D eigenvalue weighted by atomic mass is 79.9. The zero-order valence-corrected chi connectivity index (χ0v) is 13.4. The van der Waals surface area contributed by atoms with Gasteiger partial charge in [-0.1, -0.05) is 15.9 Å². The summed E-state index contributed by atoms with van der Waals surface area (Å²) in [5, 5.41) is 12.8. The summed E-state index contributed by atoms with van der Waals surface area (Å²) in [4.78, 5) is 14.7. The largest absolute Gasteiger partial charge is 0.478 e. The molecule has 1 aromatic heterocycles. The van der Waals surface area contributed by atoms with Gasteiger partial charge in [-0.25, -0.2) is 22.6 Å². The summed E-state index contributed by atoms with van der Waals surface area (Å²) in [6.45, 7) is 1.57. The highest BCUT2D eigenvalue weighted by Gasteiger charge is 2.22. The van der Waals surface area contributed by atoms with Crippen LogP contribution in [0.1, 0.15) is 15.9 Å². The van der Waals surface area contributed by atoms with Gasteiger partial charge in [0.15, 0.2) is 0 Å². The van der Waals surface area contributed by atoms with E-state index >= 15 is 0 Å². The molecule has 0 bridgehead atoms. The molecule has 0 radical (unpaired) electrons. The van der Waals surface area contributed by atoms with Crippen LogP contribution in [0.15, 0.2) is 27.8 Å². The fourth-order valence-electron chi connectivity index (χ4n) is 1.62. The predicted octanol–water partition coefficient (Wildman–Crippen LogP) is 1.39. The summed E-state index contributed by atoms with van der Waals surface area (Å²) in [6.07, 6.45) is 1.20. The second kappa shape index (κ2) is 5.45. The highest BCUT2D eigenvalue weighted by molar-refractivity contribution is 9.10. The Bertz CT molecular complexity index is 816. The first kappa shape index (κ1) is 15.4. The molecular weight excluding hydrogens is 364 g/mol. The van der Waals surface area contributed by atoms with Gasteiger partial charge >= 0.3 is 5.97 Å². The van der Waals surface area contributed by atoms with Crippen molar-refractivity contribution in [2.75, 3.05) is 4.72 Å². The van der Waals surface area contributed by atoms with Crippen molar-refractivity contribution in [2.24, 2.45) is 7.05 Å². The van der Waals surface area contributed by atoms with Gasteiger partial charge in [0, 0.05) is 11.5 Å². The SMILES string of the molecule is Cc1c(Br)cc(C(=O)O)cc1S(=O)(=O)Nc1ncnn1C. The van der Waals surface area contributed by atoms with Crippen molar-refractivity contribution in [3.05, 3.63) is 34.1 Å². The van der Waals surface area contributed by atoms with Gasteiger partial charge in [0.1, 0.15) is 6.33 Å². The third-order valence-electron chi connectivity index (χ3n) is 2.77. The molecule has 0 saturated carbocycles. The summed E-state index contributed by atoms with van der Waals surface area (Å²) in [5.74, 6) is -1.18. The minimum Gasteiger partial charge on any atom is -0.478 e. The van der Waals surface area contributed by atoms with Crippen molar-refractivity contribution in [3.8, 4) is 0 Å². The first-order valence-corrected chi connectivity index (χ1v) is 7.90. The number of benzene rings is 1. The number of carboxylic acids is 1. The van der Waals surface area contributed by atoms with Crippen molar-refractivity contribution >= 4 is 37.9 Å². The van der Waals surface area contributed by atoms with Crippen LogP contribution in [-0.4, -0.2) is 34.3 Å². The van der Waals surface area contributed by atoms with Gasteiger partial charge in [-0.3, -0.25) is 0 Å². The number of carboxylic acid groups (broad SMARTS) is 1. The average molecular weight is 375 g/mol. The Labute approximate surface area is 129 Å². The number of nitrogens with one attached hydrogen (secondary N) is 1. The molecule has 0 saturated heterocycles. The number of nitrogens with zero attached hydrogens (tertiary/aromatic N) is 3. The van der Waals surface area contributed by atoms with Gasteiger partial charge in [0.2, 0.25) is 5.95 Å². The fraction of sp³-hybridized carbons (Fsp3) is 0.182. The monoisotopic (exact) mass is 374 g/mol. The van der Waals surface area contributed by atoms with E-state index in [1.54, 1.807) is 6.92 Å². The summed E-state index contributed by atoms with van der Waals surface area (Å²) in [7, 11) is -2.45. The normalized spacial score (nSPS) is 11.4. The minimum atomic E-state index is -3.98. The molecule has 0 aliphatic heterocycles. The van der Waals surface area contributed by atoms with Crippen LogP contribution in [0.3, 0.4) is 0 Å². The molecule has 0 aliphatic rings. The average Bonchev–Trinajstić information content (AvgIpc) is 2.77. The second-order valence-corrected chi connectivity index (χ2v) is 6.70. The highest BCUT2D eigenvalue weighted by Crippen LogP contribution is 2.27. The molecule has 0 atom stereocenters. The molecular formula is C11H11BrN4O4S. The van der Waals surface area contributed by atoms with Gasteiger partial charge in [-0.05, 0) is 24.6 Å². The van der Waals surface area contributed by atoms with Gasteiger partial charge in [0.25, 0.3) is 10.0 Å². The first-order chi connectivity index (χ1) is 9.72. The minimum absolute atomic E-state index is 0.0336. The maximum Gasteiger partial charge on any atom is 0.335 e. The number of hydrogen-bond acceptors (Lipinski definition) is 5. The van der Waals surface area contributed by atoms with Gasteiger partial charge in [-0.15, -0.1) is 0 Å². The number of aromatic carboxylic acids is 1. The first-order valence-electron chi connectivity index (χ1n) is 5.62. The Kier molecular flexibility index (Phi) is 4.01. The Balaban J connectivity index is 2.54. The lowest BCUT2D eigenvalue weighted by molar-refractivity contribution is 0.0696. The summed E-state index contributed by atoms with van der Waals surface area (Å²) in [5.41, 5.74) is 0.264. The molecule has 8 nitrogen and oxygen atoms in total. The number of rotatable bonds is 4. The van der Waals surface area contributed by atoms with E-state index in [-0.39, 0.29) is 16.4 Å². The third kappa shape index (κ3) is 3.05. The van der Waals surface area contributed by atoms with E-state index in [1.807, 2.05) is 0 Å². The molecule has 10 heteroatoms. The number of aromatic nitrogens is 3. The van der Waals surface area contributed by atoms with Crippen LogP contribution in [0.4, 0.5) is 5.95 Å². The molecule has 21 heavy (non-hydrogen) atoms. The second-order valence-electron chi connectivity index (χ2n) is 4.20. The van der Waals surface area contributed by atoms with Crippen molar-refractivity contribution in [1.82, 2.24) is 14.8 Å². The van der Waals surface area contributed by atoms with E-state index in [1.165, 1.54) is 24.1 Å². The number of anilines is 1. The quantitative estimate of drug-likeness (QED) is 0.835. The Morgan fingerprint density at radius 3 is 2.62 bits per heavy atom. The molecule has 1 heterocycles. The van der Waals surface area contributed by atoms with Crippen LogP contribution in [0, 0.1) is 6.92 Å². The topological polar surface area (TPSA) is 114 Å². The fourth-order valence-corrected chi connectivity index (χ4v) is 3.54. The summed E-state index contributed by atoms with van der Waals surface area (Å²) in [6, 6.07) is 2.44. The van der Waals surface area contributed by atoms with Crippen molar-refractivity contribution in [1.29, 1.82) is 0 Å². The molecule has 0 fully saturated rings. The predicted molar refractivity (Wildman–Crippen MR) is 77.6 cm³/mol. The Morgan fingerprint density at radius 1 is 1.43 bits per heavy atom. The van der Waals surface area contributed by atoms with Crippen LogP contribution < -0.4 is 4.72 Å². The van der Waals surface area contributed by atoms with Crippen LogP contribution in [0.25, 0.3) is 0 Å². The molecule has 112 valence electrons. The van der Waals surface area contributed by atoms with Gasteiger partial charge in [0.05, 0.1) is 10.5 Å². The Morgan fingerprint density at radius 2 is 2.10 bits per heavy atom. The zero-order chi connectivity index (χ0) is 15.8. The van der Waals surface area contributed by atoms with Crippen molar-refractivity contribution in [3.63, 3.8) is 0 Å². The Hall–Kier alpha value is -1.94. The number of aryl methyl sites for hydroxylation is 1. The van der Waals surface area contributed by atoms with Gasteiger partial charge < -0.3 is 5.11 Å². The lowest BCUT2D eigenvalue weighted by atomic mass is 10.1. The maximum absolute atomic E-state index is 12.4. The number of sulfonamides is 1. The van der Waals surface area contributed by atoms with E-state index < -0.39 is 16.0 Å². The molecule has 2 N–H and O–H groups in total. The number of halogens is 1. The van der Waals surface area contributed by atoms with E-state index in [2.05, 4.69) is 30.7 Å².